The number of hydrogen-bond donors (Lipinski definition) is 1. The third kappa shape index (κ3) is 2.37. The fraction of sp³-hybridized carbons (Fsp3) is 0. The third-order valence-electron chi connectivity index (χ3n) is 3.87. The van der Waals surface area contributed by atoms with Crippen molar-refractivity contribution < 1.29 is 0 Å². The summed E-state index contributed by atoms with van der Waals surface area (Å²) in [5, 5.41) is 9.12. The van der Waals surface area contributed by atoms with Crippen LogP contribution < -0.4 is 0 Å². The first-order valence-electron chi connectivity index (χ1n) is 7.40. The number of fused-ring (bicyclic) bond motifs is 1. The van der Waals surface area contributed by atoms with Crippen LogP contribution in [0.15, 0.2) is 72.8 Å². The van der Waals surface area contributed by atoms with Crippen LogP contribution in [0.1, 0.15) is 5.56 Å². The second-order valence-corrected chi connectivity index (χ2v) is 5.34. The Morgan fingerprint density at radius 3 is 2.43 bits per heavy atom. The van der Waals surface area contributed by atoms with Crippen LogP contribution in [0.5, 0.6) is 0 Å². The second kappa shape index (κ2) is 5.43. The molecule has 4 aromatic rings. The second-order valence-electron chi connectivity index (χ2n) is 5.34. The number of para-hydroxylation sites is 2. The summed E-state index contributed by atoms with van der Waals surface area (Å²) >= 11 is 0. The molecule has 0 atom stereocenters. The zero-order valence-electron chi connectivity index (χ0n) is 12.3. The Morgan fingerprint density at radius 2 is 1.61 bits per heavy atom. The summed E-state index contributed by atoms with van der Waals surface area (Å²) in [7, 11) is 0. The molecule has 0 aliphatic rings. The van der Waals surface area contributed by atoms with E-state index in [1.807, 2.05) is 66.7 Å². The van der Waals surface area contributed by atoms with E-state index in [9.17, 15) is 0 Å². The van der Waals surface area contributed by atoms with Gasteiger partial charge in [-0.1, -0.05) is 48.5 Å². The molecule has 3 heteroatoms. The molecule has 0 amide bonds. The lowest BCUT2D eigenvalue weighted by Crippen LogP contribution is -1.87. The van der Waals surface area contributed by atoms with Gasteiger partial charge in [0.15, 0.2) is 0 Å². The number of aromatic amines is 1. The number of nitrogens with one attached hydrogen (secondary N) is 1. The number of nitriles is 1. The summed E-state index contributed by atoms with van der Waals surface area (Å²) in [6.07, 6.45) is 0. The van der Waals surface area contributed by atoms with Crippen LogP contribution in [-0.4, -0.2) is 9.97 Å². The van der Waals surface area contributed by atoms with E-state index in [4.69, 9.17) is 10.2 Å². The SMILES string of the molecule is N#Cc1cccc(-c2ccccc2-c2nc3ccccc3[nH]2)c1. The van der Waals surface area contributed by atoms with Gasteiger partial charge in [-0.25, -0.2) is 4.98 Å². The Balaban J connectivity index is 1.91. The van der Waals surface area contributed by atoms with E-state index in [-0.39, 0.29) is 0 Å². The van der Waals surface area contributed by atoms with Crippen molar-refractivity contribution >= 4 is 11.0 Å². The molecule has 0 unspecified atom stereocenters. The highest BCUT2D eigenvalue weighted by atomic mass is 14.9. The molecule has 3 aromatic carbocycles. The van der Waals surface area contributed by atoms with Gasteiger partial charge in [0.2, 0.25) is 0 Å². The van der Waals surface area contributed by atoms with Crippen LogP contribution >= 0.6 is 0 Å². The molecule has 1 N–H and O–H groups in total. The molecule has 23 heavy (non-hydrogen) atoms. The minimum Gasteiger partial charge on any atom is -0.338 e. The van der Waals surface area contributed by atoms with Crippen molar-refractivity contribution in [2.45, 2.75) is 0 Å². The summed E-state index contributed by atoms with van der Waals surface area (Å²) in [6.45, 7) is 0. The molecule has 0 aliphatic heterocycles. The summed E-state index contributed by atoms with van der Waals surface area (Å²) < 4.78 is 0. The summed E-state index contributed by atoms with van der Waals surface area (Å²) in [6, 6.07) is 25.9. The van der Waals surface area contributed by atoms with Crippen LogP contribution in [0.3, 0.4) is 0 Å². The average Bonchev–Trinajstić information content (AvgIpc) is 3.06. The molecule has 0 saturated heterocycles. The quantitative estimate of drug-likeness (QED) is 0.579. The first-order valence-corrected chi connectivity index (χ1v) is 7.40. The number of rotatable bonds is 2. The van der Waals surface area contributed by atoms with Gasteiger partial charge in [0.05, 0.1) is 22.7 Å². The first kappa shape index (κ1) is 13.3. The van der Waals surface area contributed by atoms with Crippen LogP contribution in [0.4, 0.5) is 0 Å². The molecule has 1 heterocycles. The highest BCUT2D eigenvalue weighted by Crippen LogP contribution is 2.31. The normalized spacial score (nSPS) is 10.6. The molecule has 0 fully saturated rings. The monoisotopic (exact) mass is 295 g/mol. The molecule has 0 saturated carbocycles. The van der Waals surface area contributed by atoms with E-state index in [0.717, 1.165) is 33.5 Å². The molecule has 108 valence electrons. The van der Waals surface area contributed by atoms with Gasteiger partial charge in [0, 0.05) is 5.56 Å². The molecule has 0 bridgehead atoms. The third-order valence-corrected chi connectivity index (χ3v) is 3.87. The number of benzene rings is 3. The summed E-state index contributed by atoms with van der Waals surface area (Å²) in [5.74, 6) is 0.837. The van der Waals surface area contributed by atoms with Crippen LogP contribution in [0, 0.1) is 11.3 Å². The van der Waals surface area contributed by atoms with Crippen LogP contribution in [0.2, 0.25) is 0 Å². The number of aromatic nitrogens is 2. The maximum absolute atomic E-state index is 9.12. The lowest BCUT2D eigenvalue weighted by molar-refractivity contribution is 1.33. The lowest BCUT2D eigenvalue weighted by Gasteiger charge is -2.08. The van der Waals surface area contributed by atoms with Crippen molar-refractivity contribution in [2.24, 2.45) is 0 Å². The molecule has 4 rings (SSSR count). The van der Waals surface area contributed by atoms with Gasteiger partial charge in [0.1, 0.15) is 5.82 Å². The Bertz CT molecular complexity index is 1000. The van der Waals surface area contributed by atoms with Gasteiger partial charge in [-0.2, -0.15) is 5.26 Å². The van der Waals surface area contributed by atoms with Crippen LogP contribution in [0.25, 0.3) is 33.5 Å². The molecule has 0 aliphatic carbocycles. The van der Waals surface area contributed by atoms with E-state index in [2.05, 4.69) is 17.1 Å². The van der Waals surface area contributed by atoms with Gasteiger partial charge >= 0.3 is 0 Å². The Morgan fingerprint density at radius 1 is 0.826 bits per heavy atom. The minimum atomic E-state index is 0.655. The van der Waals surface area contributed by atoms with Crippen molar-refractivity contribution in [1.82, 2.24) is 9.97 Å². The maximum atomic E-state index is 9.12. The zero-order chi connectivity index (χ0) is 15.6. The van der Waals surface area contributed by atoms with Gasteiger partial charge in [-0.15, -0.1) is 0 Å². The van der Waals surface area contributed by atoms with E-state index in [1.165, 1.54) is 0 Å². The van der Waals surface area contributed by atoms with E-state index in [1.54, 1.807) is 0 Å². The standard InChI is InChI=1S/C20H13N3/c21-13-14-6-5-7-15(12-14)16-8-1-2-9-17(16)20-22-18-10-3-4-11-19(18)23-20/h1-12H,(H,22,23). The molecule has 0 spiro atoms. The number of hydrogen-bond acceptors (Lipinski definition) is 2. The van der Waals surface area contributed by atoms with Crippen molar-refractivity contribution in [3.05, 3.63) is 78.4 Å². The summed E-state index contributed by atoms with van der Waals surface area (Å²) in [4.78, 5) is 8.07. The fourth-order valence-electron chi connectivity index (χ4n) is 2.78. The van der Waals surface area contributed by atoms with Crippen molar-refractivity contribution in [3.63, 3.8) is 0 Å². The van der Waals surface area contributed by atoms with E-state index >= 15 is 0 Å². The number of nitrogens with zero attached hydrogens (tertiary/aromatic N) is 2. The lowest BCUT2D eigenvalue weighted by atomic mass is 9.98. The largest absolute Gasteiger partial charge is 0.338 e. The fourth-order valence-corrected chi connectivity index (χ4v) is 2.78. The Kier molecular flexibility index (Phi) is 3.14. The molecule has 0 radical (unpaired) electrons. The first-order chi connectivity index (χ1) is 11.3. The van der Waals surface area contributed by atoms with Crippen LogP contribution in [-0.2, 0) is 0 Å². The van der Waals surface area contributed by atoms with Gasteiger partial charge in [-0.05, 0) is 35.4 Å². The van der Waals surface area contributed by atoms with Crippen molar-refractivity contribution in [1.29, 1.82) is 5.26 Å². The molecular formula is C20H13N3. The Labute approximate surface area is 133 Å². The van der Waals surface area contributed by atoms with Gasteiger partial charge in [0.25, 0.3) is 0 Å². The number of H-pyrrole nitrogens is 1. The van der Waals surface area contributed by atoms with E-state index < -0.39 is 0 Å². The predicted molar refractivity (Wildman–Crippen MR) is 91.7 cm³/mol. The predicted octanol–water partition coefficient (Wildman–Crippen LogP) is 4.77. The smallest absolute Gasteiger partial charge is 0.139 e. The maximum Gasteiger partial charge on any atom is 0.139 e. The van der Waals surface area contributed by atoms with Crippen molar-refractivity contribution in [3.8, 4) is 28.6 Å². The highest BCUT2D eigenvalue weighted by molar-refractivity contribution is 5.85. The van der Waals surface area contributed by atoms with E-state index in [0.29, 0.717) is 5.56 Å². The van der Waals surface area contributed by atoms with Gasteiger partial charge in [-0.3, -0.25) is 0 Å². The topological polar surface area (TPSA) is 52.5 Å². The Hall–Kier alpha value is -3.38. The highest BCUT2D eigenvalue weighted by Gasteiger charge is 2.11. The average molecular weight is 295 g/mol. The zero-order valence-corrected chi connectivity index (χ0v) is 12.3. The minimum absolute atomic E-state index is 0.655. The molecule has 1 aromatic heterocycles. The summed E-state index contributed by atoms with van der Waals surface area (Å²) in [5.41, 5.74) is 5.72. The molecular weight excluding hydrogens is 282 g/mol. The molecule has 3 nitrogen and oxygen atoms in total. The van der Waals surface area contributed by atoms with Crippen molar-refractivity contribution in [2.75, 3.05) is 0 Å². The van der Waals surface area contributed by atoms with Gasteiger partial charge < -0.3 is 4.98 Å². The number of imidazole rings is 1.